The van der Waals surface area contributed by atoms with Crippen LogP contribution in [-0.2, 0) is 0 Å². The monoisotopic (exact) mass is 338 g/mol. The van der Waals surface area contributed by atoms with Crippen LogP contribution in [0.15, 0.2) is 28.7 Å². The number of rotatable bonds is 4. The highest BCUT2D eigenvalue weighted by atomic mass is 79.9. The molecule has 6 heteroatoms. The Morgan fingerprint density at radius 1 is 1.45 bits per heavy atom. The molecule has 0 spiro atoms. The summed E-state index contributed by atoms with van der Waals surface area (Å²) in [6, 6.07) is 7.49. The smallest absolute Gasteiger partial charge is 0.357 e. The number of nitrogens with zero attached hydrogens (tertiary/aromatic N) is 2. The molecule has 5 nitrogen and oxygen atoms in total. The van der Waals surface area contributed by atoms with Gasteiger partial charge in [0.1, 0.15) is 5.75 Å². The fourth-order valence-corrected chi connectivity index (χ4v) is 2.61. The zero-order valence-corrected chi connectivity index (χ0v) is 13.0. The van der Waals surface area contributed by atoms with Crippen molar-refractivity contribution >= 4 is 21.9 Å². The van der Waals surface area contributed by atoms with E-state index in [1.165, 1.54) is 0 Å². The first kappa shape index (κ1) is 14.6. The summed E-state index contributed by atoms with van der Waals surface area (Å²) in [5, 5.41) is 13.4. The summed E-state index contributed by atoms with van der Waals surface area (Å²) in [5.74, 6) is -0.344. The van der Waals surface area contributed by atoms with Crippen LogP contribution >= 0.6 is 15.9 Å². The van der Waals surface area contributed by atoms with Gasteiger partial charge in [0.2, 0.25) is 0 Å². The standard InChI is InChI=1S/C14H15BrN2O3/c1-8(2)17-13(11(15)12(16-17)14(18)19)9-5-4-6-10(7-9)20-3/h4-8H,1-3H3,(H,18,19). The van der Waals surface area contributed by atoms with E-state index in [2.05, 4.69) is 21.0 Å². The second-order valence-corrected chi connectivity index (χ2v) is 5.38. The molecular weight excluding hydrogens is 324 g/mol. The van der Waals surface area contributed by atoms with Gasteiger partial charge in [0.15, 0.2) is 5.69 Å². The molecule has 106 valence electrons. The van der Waals surface area contributed by atoms with Crippen molar-refractivity contribution in [3.8, 4) is 17.0 Å². The fraction of sp³-hybridized carbons (Fsp3) is 0.286. The molecule has 20 heavy (non-hydrogen) atoms. The highest BCUT2D eigenvalue weighted by Gasteiger charge is 2.23. The van der Waals surface area contributed by atoms with Crippen LogP contribution in [0, 0.1) is 0 Å². The number of hydrogen-bond acceptors (Lipinski definition) is 3. The lowest BCUT2D eigenvalue weighted by atomic mass is 10.1. The highest BCUT2D eigenvalue weighted by molar-refractivity contribution is 9.10. The lowest BCUT2D eigenvalue weighted by Gasteiger charge is -2.12. The molecule has 0 aliphatic carbocycles. The van der Waals surface area contributed by atoms with Crippen molar-refractivity contribution in [2.45, 2.75) is 19.9 Å². The van der Waals surface area contributed by atoms with Gasteiger partial charge < -0.3 is 9.84 Å². The van der Waals surface area contributed by atoms with Crippen LogP contribution < -0.4 is 4.74 Å². The molecule has 0 saturated heterocycles. The summed E-state index contributed by atoms with van der Waals surface area (Å²) in [7, 11) is 1.59. The molecule has 2 rings (SSSR count). The number of methoxy groups -OCH3 is 1. The molecular formula is C14H15BrN2O3. The number of hydrogen-bond donors (Lipinski definition) is 1. The van der Waals surface area contributed by atoms with Crippen molar-refractivity contribution in [1.82, 2.24) is 9.78 Å². The second-order valence-electron chi connectivity index (χ2n) is 4.59. The second kappa shape index (κ2) is 5.66. The maximum absolute atomic E-state index is 11.2. The van der Waals surface area contributed by atoms with Crippen LogP contribution in [0.4, 0.5) is 0 Å². The Labute approximate surface area is 125 Å². The number of ether oxygens (including phenoxy) is 1. The quantitative estimate of drug-likeness (QED) is 0.924. The Morgan fingerprint density at radius 3 is 2.70 bits per heavy atom. The third-order valence-electron chi connectivity index (χ3n) is 2.89. The topological polar surface area (TPSA) is 64.3 Å². The van der Waals surface area contributed by atoms with Crippen molar-refractivity contribution in [1.29, 1.82) is 0 Å². The number of carbonyl (C=O) groups is 1. The summed E-state index contributed by atoms with van der Waals surface area (Å²) < 4.78 is 7.38. The number of aromatic carboxylic acids is 1. The van der Waals surface area contributed by atoms with Crippen LogP contribution in [0.3, 0.4) is 0 Å². The van der Waals surface area contributed by atoms with Crippen molar-refractivity contribution in [3.05, 3.63) is 34.4 Å². The van der Waals surface area contributed by atoms with E-state index in [4.69, 9.17) is 4.74 Å². The van der Waals surface area contributed by atoms with E-state index in [0.717, 1.165) is 11.3 Å². The van der Waals surface area contributed by atoms with Gasteiger partial charge in [0.05, 0.1) is 17.3 Å². The number of benzene rings is 1. The lowest BCUT2D eigenvalue weighted by Crippen LogP contribution is -2.06. The van der Waals surface area contributed by atoms with Gasteiger partial charge in [0, 0.05) is 11.6 Å². The third-order valence-corrected chi connectivity index (χ3v) is 3.64. The van der Waals surface area contributed by atoms with E-state index >= 15 is 0 Å². The molecule has 1 N–H and O–H groups in total. The minimum atomic E-state index is -1.06. The zero-order valence-electron chi connectivity index (χ0n) is 11.4. The molecule has 1 heterocycles. The molecule has 1 aromatic carbocycles. The van der Waals surface area contributed by atoms with E-state index < -0.39 is 5.97 Å². The minimum absolute atomic E-state index is 0.0107. The zero-order chi connectivity index (χ0) is 14.9. The first-order valence-corrected chi connectivity index (χ1v) is 6.90. The van der Waals surface area contributed by atoms with E-state index in [0.29, 0.717) is 10.2 Å². The summed E-state index contributed by atoms with van der Waals surface area (Å²) >= 11 is 3.35. The maximum atomic E-state index is 11.2. The molecule has 0 aliphatic rings. The summed E-state index contributed by atoms with van der Waals surface area (Å²) in [6.07, 6.45) is 0. The molecule has 1 aromatic heterocycles. The van der Waals surface area contributed by atoms with Gasteiger partial charge in [-0.2, -0.15) is 5.10 Å². The third kappa shape index (κ3) is 2.56. The van der Waals surface area contributed by atoms with Crippen molar-refractivity contribution in [3.63, 3.8) is 0 Å². The van der Waals surface area contributed by atoms with Crippen LogP contribution in [0.5, 0.6) is 5.75 Å². The largest absolute Gasteiger partial charge is 0.497 e. The molecule has 0 amide bonds. The predicted octanol–water partition coefficient (Wildman–Crippen LogP) is 3.60. The molecule has 0 bridgehead atoms. The Kier molecular flexibility index (Phi) is 4.13. The molecule has 0 saturated carbocycles. The first-order chi connectivity index (χ1) is 9.45. The molecule has 0 fully saturated rings. The molecule has 0 unspecified atom stereocenters. The lowest BCUT2D eigenvalue weighted by molar-refractivity contribution is 0.0688. The normalized spacial score (nSPS) is 10.8. The molecule has 2 aromatic rings. The van der Waals surface area contributed by atoms with Gasteiger partial charge >= 0.3 is 5.97 Å². The predicted molar refractivity (Wildman–Crippen MR) is 79.3 cm³/mol. The number of aromatic nitrogens is 2. The van der Waals surface area contributed by atoms with E-state index in [1.54, 1.807) is 11.8 Å². The number of halogens is 1. The number of carboxylic acids is 1. The van der Waals surface area contributed by atoms with Crippen LogP contribution in [-0.4, -0.2) is 28.0 Å². The SMILES string of the molecule is COc1cccc(-c2c(Br)c(C(=O)O)nn2C(C)C)c1. The summed E-state index contributed by atoms with van der Waals surface area (Å²) in [6.45, 7) is 3.91. The Hall–Kier alpha value is -1.82. The van der Waals surface area contributed by atoms with Crippen molar-refractivity contribution < 1.29 is 14.6 Å². The van der Waals surface area contributed by atoms with E-state index in [9.17, 15) is 9.90 Å². The van der Waals surface area contributed by atoms with Crippen molar-refractivity contribution in [2.24, 2.45) is 0 Å². The van der Waals surface area contributed by atoms with Gasteiger partial charge in [-0.15, -0.1) is 0 Å². The Morgan fingerprint density at radius 2 is 2.15 bits per heavy atom. The van der Waals surface area contributed by atoms with Gasteiger partial charge in [-0.25, -0.2) is 4.79 Å². The average Bonchev–Trinajstić information content (AvgIpc) is 2.77. The average molecular weight is 339 g/mol. The number of carboxylic acid groups (broad SMARTS) is 1. The van der Waals surface area contributed by atoms with Crippen molar-refractivity contribution in [2.75, 3.05) is 7.11 Å². The van der Waals surface area contributed by atoms with Gasteiger partial charge in [0.25, 0.3) is 0 Å². The fourth-order valence-electron chi connectivity index (χ4n) is 1.95. The minimum Gasteiger partial charge on any atom is -0.497 e. The molecule has 0 atom stereocenters. The summed E-state index contributed by atoms with van der Waals surface area (Å²) in [5.41, 5.74) is 1.60. The van der Waals surface area contributed by atoms with E-state index in [-0.39, 0.29) is 11.7 Å². The van der Waals surface area contributed by atoms with Gasteiger partial charge in [-0.05, 0) is 41.9 Å². The molecule has 0 radical (unpaired) electrons. The summed E-state index contributed by atoms with van der Waals surface area (Å²) in [4.78, 5) is 11.2. The van der Waals surface area contributed by atoms with Crippen LogP contribution in [0.2, 0.25) is 0 Å². The van der Waals surface area contributed by atoms with Gasteiger partial charge in [-0.3, -0.25) is 4.68 Å². The molecule has 0 aliphatic heterocycles. The Balaban J connectivity index is 2.68. The van der Waals surface area contributed by atoms with Crippen LogP contribution in [0.25, 0.3) is 11.3 Å². The van der Waals surface area contributed by atoms with E-state index in [1.807, 2.05) is 38.1 Å². The Bertz CT molecular complexity index is 650. The maximum Gasteiger partial charge on any atom is 0.357 e. The highest BCUT2D eigenvalue weighted by Crippen LogP contribution is 2.34. The van der Waals surface area contributed by atoms with Crippen LogP contribution in [0.1, 0.15) is 30.4 Å². The van der Waals surface area contributed by atoms with Gasteiger partial charge in [-0.1, -0.05) is 12.1 Å². The first-order valence-electron chi connectivity index (χ1n) is 6.11.